The maximum atomic E-state index is 13.4. The average Bonchev–Trinajstić information content (AvgIpc) is 2.91. The van der Waals surface area contributed by atoms with E-state index in [1.54, 1.807) is 32.9 Å². The van der Waals surface area contributed by atoms with Crippen LogP contribution in [0.25, 0.3) is 11.1 Å². The molecule has 4 rings (SSSR count). The molecule has 1 aromatic heterocycles. The number of carbonyl (C=O) groups is 1. The van der Waals surface area contributed by atoms with Gasteiger partial charge in [0.2, 0.25) is 0 Å². The number of carboxylic acids is 1. The number of pyridine rings is 1. The number of aryl methyl sites for hydroxylation is 2. The van der Waals surface area contributed by atoms with Crippen molar-refractivity contribution < 1.29 is 19.4 Å². The Hall–Kier alpha value is -4.02. The minimum absolute atomic E-state index is 0.106. The lowest BCUT2D eigenvalue weighted by molar-refractivity contribution is -0.136. The fourth-order valence-corrected chi connectivity index (χ4v) is 5.25. The van der Waals surface area contributed by atoms with E-state index < -0.39 is 11.6 Å². The second-order valence-corrected chi connectivity index (χ2v) is 13.2. The Kier molecular flexibility index (Phi) is 11.1. The van der Waals surface area contributed by atoms with Crippen molar-refractivity contribution in [3.8, 4) is 11.1 Å². The van der Waals surface area contributed by atoms with Gasteiger partial charge < -0.3 is 21.0 Å². The molecule has 2 aromatic carbocycles. The van der Waals surface area contributed by atoms with E-state index in [1.165, 1.54) is 17.1 Å². The lowest BCUT2D eigenvalue weighted by Crippen LogP contribution is -2.38. The number of rotatable bonds is 7. The fourth-order valence-electron chi connectivity index (χ4n) is 5.25. The van der Waals surface area contributed by atoms with Crippen LogP contribution in [0, 0.1) is 25.1 Å². The summed E-state index contributed by atoms with van der Waals surface area (Å²) in [6.07, 6.45) is 1.91. The maximum Gasteiger partial charge on any atom is 0.307 e. The summed E-state index contributed by atoms with van der Waals surface area (Å²) in [4.78, 5) is 19.0. The highest BCUT2D eigenvalue weighted by Crippen LogP contribution is 2.41. The Balaban J connectivity index is 0.000000978. The van der Waals surface area contributed by atoms with Crippen LogP contribution in [0.4, 0.5) is 10.1 Å². The molecule has 3 aromatic rings. The number of aliphatic hydroxyl groups is 1. The number of nitrogens with zero attached hydrogens (tertiary/aromatic N) is 4. The predicted molar refractivity (Wildman–Crippen MR) is 175 cm³/mol. The van der Waals surface area contributed by atoms with Crippen molar-refractivity contribution in [1.82, 2.24) is 9.99 Å². The molecule has 0 radical (unpaired) electrons. The Bertz CT molecular complexity index is 1470. The smallest absolute Gasteiger partial charge is 0.307 e. The zero-order chi connectivity index (χ0) is 32.8. The van der Waals surface area contributed by atoms with Crippen LogP contribution in [0.15, 0.2) is 53.6 Å². The third-order valence-electron chi connectivity index (χ3n) is 7.49. The van der Waals surface area contributed by atoms with Gasteiger partial charge in [0.1, 0.15) is 5.82 Å². The number of hydrazine groups is 1. The van der Waals surface area contributed by atoms with E-state index in [9.17, 15) is 14.3 Å². The quantitative estimate of drug-likeness (QED) is 0.119. The molecule has 2 heterocycles. The maximum absolute atomic E-state index is 13.4. The average molecular weight is 607 g/mol. The van der Waals surface area contributed by atoms with Gasteiger partial charge in [0.15, 0.2) is 5.84 Å². The molecule has 1 aliphatic rings. The largest absolute Gasteiger partial charge is 0.481 e. The molecule has 0 aliphatic carbocycles. The summed E-state index contributed by atoms with van der Waals surface area (Å²) in [5.74, 6) is 11.3. The normalized spacial score (nSPS) is 15.0. The van der Waals surface area contributed by atoms with Gasteiger partial charge in [0.25, 0.3) is 0 Å². The van der Waals surface area contributed by atoms with E-state index in [1.807, 2.05) is 38.1 Å². The molecule has 0 unspecified atom stereocenters. The van der Waals surface area contributed by atoms with Gasteiger partial charge in [-0.25, -0.2) is 10.2 Å². The van der Waals surface area contributed by atoms with Gasteiger partial charge in [0.05, 0.1) is 24.3 Å². The molecule has 9 nitrogen and oxygen atoms in total. The Labute approximate surface area is 260 Å². The lowest BCUT2D eigenvalue weighted by Gasteiger charge is -2.40. The van der Waals surface area contributed by atoms with Crippen LogP contribution < -0.4 is 16.6 Å². The second-order valence-electron chi connectivity index (χ2n) is 13.2. The number of benzene rings is 2. The van der Waals surface area contributed by atoms with Crippen molar-refractivity contribution in [3.05, 3.63) is 82.4 Å². The minimum atomic E-state index is -0.890. The summed E-state index contributed by atoms with van der Waals surface area (Å²) in [6, 6.07) is 13.8. The van der Waals surface area contributed by atoms with E-state index in [2.05, 4.69) is 23.8 Å². The van der Waals surface area contributed by atoms with Gasteiger partial charge >= 0.3 is 5.97 Å². The van der Waals surface area contributed by atoms with Crippen LogP contribution in [0.2, 0.25) is 0 Å². The zero-order valence-corrected chi connectivity index (χ0v) is 27.0. The van der Waals surface area contributed by atoms with Crippen LogP contribution in [0.5, 0.6) is 0 Å². The molecular formula is C34H47FN6O3. The van der Waals surface area contributed by atoms with E-state index in [0.29, 0.717) is 11.4 Å². The molecule has 10 heteroatoms. The summed E-state index contributed by atoms with van der Waals surface area (Å²) in [6.45, 7) is 15.6. The van der Waals surface area contributed by atoms with Crippen molar-refractivity contribution in [2.45, 2.75) is 79.9 Å². The number of aromatic nitrogens is 1. The monoisotopic (exact) mass is 606 g/mol. The van der Waals surface area contributed by atoms with Crippen molar-refractivity contribution >= 4 is 17.5 Å². The number of anilines is 1. The van der Waals surface area contributed by atoms with Crippen molar-refractivity contribution in [3.63, 3.8) is 0 Å². The number of halogens is 1. The molecule has 238 valence electrons. The standard InChI is InChI=1S/C30H37FN6O2.C4H10O/c1-19-25(17-26(38)39)28(36-14-12-30(3,4)13-15-36)27(20(2)34-19)22-6-5-7-23(16-22)29(35-32)37(33)18-21-8-10-24(31)11-9-21;1-4(2,3)5/h5-11,16H,12-15,17-18,32-33H2,1-4H3,(H,38,39);5H,1-3H3/b35-29-;. The van der Waals surface area contributed by atoms with Gasteiger partial charge in [-0.2, -0.15) is 5.10 Å². The van der Waals surface area contributed by atoms with Gasteiger partial charge in [-0.05, 0) is 82.2 Å². The molecule has 1 aliphatic heterocycles. The Morgan fingerprint density at radius 1 is 1.09 bits per heavy atom. The second kappa shape index (κ2) is 14.2. The van der Waals surface area contributed by atoms with Crippen molar-refractivity contribution in [1.29, 1.82) is 0 Å². The number of aliphatic carboxylic acids is 1. The van der Waals surface area contributed by atoms with Crippen LogP contribution in [0.3, 0.4) is 0 Å². The number of amidine groups is 1. The first-order chi connectivity index (χ1) is 20.5. The number of hydrazone groups is 1. The molecule has 0 saturated carbocycles. The highest BCUT2D eigenvalue weighted by molar-refractivity contribution is 6.00. The molecule has 6 N–H and O–H groups in total. The van der Waals surface area contributed by atoms with Gasteiger partial charge in [-0.15, -0.1) is 0 Å². The molecule has 0 spiro atoms. The highest BCUT2D eigenvalue weighted by Gasteiger charge is 2.30. The number of carboxylic acid groups (broad SMARTS) is 1. The van der Waals surface area contributed by atoms with E-state index >= 15 is 0 Å². The lowest BCUT2D eigenvalue weighted by atomic mass is 9.82. The number of piperidine rings is 1. The third kappa shape index (κ3) is 9.49. The van der Waals surface area contributed by atoms with Crippen molar-refractivity contribution in [2.75, 3.05) is 18.0 Å². The predicted octanol–water partition coefficient (Wildman–Crippen LogP) is 5.53. The molecule has 1 fully saturated rings. The fraction of sp³-hybridized carbons (Fsp3) is 0.441. The molecule has 1 saturated heterocycles. The number of hydrogen-bond donors (Lipinski definition) is 4. The molecular weight excluding hydrogens is 559 g/mol. The third-order valence-corrected chi connectivity index (χ3v) is 7.49. The van der Waals surface area contributed by atoms with E-state index in [0.717, 1.165) is 65.3 Å². The molecule has 44 heavy (non-hydrogen) atoms. The number of hydrogen-bond acceptors (Lipinski definition) is 7. The zero-order valence-electron chi connectivity index (χ0n) is 27.0. The number of nitrogens with two attached hydrogens (primary N) is 2. The van der Waals surface area contributed by atoms with Gasteiger partial charge in [-0.3, -0.25) is 14.8 Å². The summed E-state index contributed by atoms with van der Waals surface area (Å²) in [5.41, 5.74) is 6.23. The first-order valence-electron chi connectivity index (χ1n) is 14.8. The topological polar surface area (TPSA) is 141 Å². The summed E-state index contributed by atoms with van der Waals surface area (Å²) in [5, 5.41) is 23.7. The Morgan fingerprint density at radius 2 is 1.68 bits per heavy atom. The summed E-state index contributed by atoms with van der Waals surface area (Å²) in [7, 11) is 0. The minimum Gasteiger partial charge on any atom is -0.481 e. The first-order valence-corrected chi connectivity index (χ1v) is 14.8. The van der Waals surface area contributed by atoms with E-state index in [4.69, 9.17) is 21.8 Å². The highest BCUT2D eigenvalue weighted by atomic mass is 19.1. The van der Waals surface area contributed by atoms with Crippen molar-refractivity contribution in [2.24, 2.45) is 22.2 Å². The summed E-state index contributed by atoms with van der Waals surface area (Å²) < 4.78 is 13.4. The molecule has 0 bridgehead atoms. The first kappa shape index (κ1) is 34.5. The molecule has 0 atom stereocenters. The van der Waals surface area contributed by atoms with Gasteiger partial charge in [-0.1, -0.05) is 44.2 Å². The van der Waals surface area contributed by atoms with E-state index in [-0.39, 0.29) is 24.2 Å². The Morgan fingerprint density at radius 3 is 2.23 bits per heavy atom. The summed E-state index contributed by atoms with van der Waals surface area (Å²) >= 11 is 0. The van der Waals surface area contributed by atoms with Crippen LogP contribution in [-0.4, -0.2) is 50.7 Å². The van der Waals surface area contributed by atoms with Crippen LogP contribution in [0.1, 0.15) is 75.5 Å². The van der Waals surface area contributed by atoms with Crippen LogP contribution in [-0.2, 0) is 17.8 Å². The van der Waals surface area contributed by atoms with Crippen LogP contribution >= 0.6 is 0 Å². The van der Waals surface area contributed by atoms with Gasteiger partial charge in [0, 0.05) is 41.2 Å². The SMILES string of the molecule is CC(C)(C)O.Cc1nc(C)c(-c2cccc(/C(=N/N)N(N)Cc3ccc(F)cc3)c2)c(N2CCC(C)(C)CC2)c1CC(=O)O. The molecule has 0 amide bonds.